The molecule has 0 N–H and O–H groups in total. The van der Waals surface area contributed by atoms with Gasteiger partial charge in [0, 0.05) is 23.9 Å². The Morgan fingerprint density at radius 1 is 1.12 bits per heavy atom. The zero-order valence-electron chi connectivity index (χ0n) is 14.5. The number of carbonyl (C=O) groups excluding carboxylic acids is 1. The quantitative estimate of drug-likeness (QED) is 0.797. The molecule has 0 saturated carbocycles. The number of hydrogen-bond acceptors (Lipinski definition) is 3. The summed E-state index contributed by atoms with van der Waals surface area (Å²) in [6.07, 6.45) is 6.64. The lowest BCUT2D eigenvalue weighted by Crippen LogP contribution is -2.55. The minimum absolute atomic E-state index is 0.00936. The largest absolute Gasteiger partial charge is 0.439 e. The fourth-order valence-corrected chi connectivity index (χ4v) is 3.16. The maximum absolute atomic E-state index is 13.4. The van der Waals surface area contributed by atoms with E-state index < -0.39 is 0 Å². The van der Waals surface area contributed by atoms with Crippen molar-refractivity contribution in [2.75, 3.05) is 0 Å². The highest BCUT2D eigenvalue weighted by molar-refractivity contribution is 5.90. The lowest BCUT2D eigenvalue weighted by molar-refractivity contribution is -0.696. The predicted molar refractivity (Wildman–Crippen MR) is 95.1 cm³/mol. The van der Waals surface area contributed by atoms with Gasteiger partial charge >= 0.3 is 6.03 Å². The van der Waals surface area contributed by atoms with Gasteiger partial charge < -0.3 is 0 Å². The third-order valence-electron chi connectivity index (χ3n) is 4.44. The van der Waals surface area contributed by atoms with Crippen LogP contribution in [0.4, 0.5) is 4.79 Å². The monoisotopic (exact) mass is 323 g/mol. The molecule has 0 radical (unpaired) electrons. The van der Waals surface area contributed by atoms with E-state index in [2.05, 4.69) is 23.8 Å². The number of allylic oxidation sites excluding steroid dienone is 1. The van der Waals surface area contributed by atoms with Crippen molar-refractivity contribution in [1.29, 1.82) is 0 Å². The summed E-state index contributed by atoms with van der Waals surface area (Å²) in [6, 6.07) is 10.0. The van der Waals surface area contributed by atoms with Gasteiger partial charge in [0.15, 0.2) is 5.70 Å². The molecule has 0 aliphatic carbocycles. The van der Waals surface area contributed by atoms with Crippen LogP contribution >= 0.6 is 0 Å². The second kappa shape index (κ2) is 6.17. The number of aromatic nitrogens is 2. The van der Waals surface area contributed by atoms with Gasteiger partial charge in [-0.3, -0.25) is 0 Å². The normalized spacial score (nSPS) is 20.4. The third kappa shape index (κ3) is 2.41. The van der Waals surface area contributed by atoms with Gasteiger partial charge in [-0.25, -0.2) is 19.3 Å². The molecule has 1 atom stereocenters. The molecule has 1 aromatic heterocycles. The van der Waals surface area contributed by atoms with E-state index in [9.17, 15) is 4.79 Å². The SMILES string of the molecule is CC(C)C1=C(c2ccccc2)[N+](C(=O)n2ccnc2)(C(C)C)C=N1. The van der Waals surface area contributed by atoms with Gasteiger partial charge in [0.1, 0.15) is 18.1 Å². The summed E-state index contributed by atoms with van der Waals surface area (Å²) in [5.74, 6) is 0.228. The summed E-state index contributed by atoms with van der Waals surface area (Å²) >= 11 is 0. The molecular weight excluding hydrogens is 300 g/mol. The first-order valence-corrected chi connectivity index (χ1v) is 8.25. The molecule has 1 aliphatic rings. The van der Waals surface area contributed by atoms with Crippen molar-refractivity contribution in [3.63, 3.8) is 0 Å². The maximum Gasteiger partial charge on any atom is 0.439 e. The van der Waals surface area contributed by atoms with E-state index in [0.29, 0.717) is 0 Å². The van der Waals surface area contributed by atoms with Crippen LogP contribution in [0, 0.1) is 5.92 Å². The van der Waals surface area contributed by atoms with E-state index >= 15 is 0 Å². The van der Waals surface area contributed by atoms with E-state index in [0.717, 1.165) is 17.0 Å². The molecule has 2 aromatic rings. The van der Waals surface area contributed by atoms with Gasteiger partial charge in [0.2, 0.25) is 6.34 Å². The molecule has 1 aromatic carbocycles. The van der Waals surface area contributed by atoms with E-state index in [1.54, 1.807) is 25.1 Å². The van der Waals surface area contributed by atoms with Gasteiger partial charge in [0.25, 0.3) is 0 Å². The Labute approximate surface area is 142 Å². The van der Waals surface area contributed by atoms with Crippen LogP contribution in [0.15, 0.2) is 59.7 Å². The van der Waals surface area contributed by atoms with Gasteiger partial charge in [-0.2, -0.15) is 4.48 Å². The zero-order chi connectivity index (χ0) is 17.3. The highest BCUT2D eigenvalue weighted by Gasteiger charge is 2.50. The molecule has 0 fully saturated rings. The second-order valence-electron chi connectivity index (χ2n) is 6.62. The molecule has 0 saturated heterocycles. The van der Waals surface area contributed by atoms with E-state index in [1.807, 2.05) is 44.2 Å². The van der Waals surface area contributed by atoms with Gasteiger partial charge in [0.05, 0.1) is 0 Å². The Hall–Kier alpha value is -2.53. The van der Waals surface area contributed by atoms with Crippen LogP contribution in [0.5, 0.6) is 0 Å². The highest BCUT2D eigenvalue weighted by atomic mass is 16.2. The number of rotatable bonds is 3. The van der Waals surface area contributed by atoms with Crippen molar-refractivity contribution >= 4 is 18.1 Å². The highest BCUT2D eigenvalue weighted by Crippen LogP contribution is 2.40. The average molecular weight is 323 g/mol. The molecule has 3 rings (SSSR count). The van der Waals surface area contributed by atoms with Crippen molar-refractivity contribution in [3.8, 4) is 0 Å². The van der Waals surface area contributed by atoms with Crippen LogP contribution in [0.1, 0.15) is 33.3 Å². The van der Waals surface area contributed by atoms with E-state index in [4.69, 9.17) is 0 Å². The van der Waals surface area contributed by atoms with Crippen LogP contribution in [-0.4, -0.2) is 32.4 Å². The average Bonchev–Trinajstić information content (AvgIpc) is 3.23. The fraction of sp³-hybridized carbons (Fsp3) is 0.316. The van der Waals surface area contributed by atoms with Gasteiger partial charge in [-0.1, -0.05) is 32.0 Å². The Morgan fingerprint density at radius 2 is 1.83 bits per heavy atom. The summed E-state index contributed by atoms with van der Waals surface area (Å²) in [5.41, 5.74) is 2.95. The minimum Gasteiger partial charge on any atom is -0.245 e. The summed E-state index contributed by atoms with van der Waals surface area (Å²) in [5, 5.41) is 0. The molecule has 1 amide bonds. The number of amides is 1. The Morgan fingerprint density at radius 3 is 2.38 bits per heavy atom. The first kappa shape index (κ1) is 16.3. The van der Waals surface area contributed by atoms with Crippen LogP contribution in [0.25, 0.3) is 5.70 Å². The topological polar surface area (TPSA) is 47.2 Å². The number of imidazole rings is 1. The minimum atomic E-state index is -0.0687. The molecule has 0 spiro atoms. The predicted octanol–water partition coefficient (Wildman–Crippen LogP) is 4.14. The van der Waals surface area contributed by atoms with Crippen LogP contribution in [-0.2, 0) is 0 Å². The van der Waals surface area contributed by atoms with Crippen molar-refractivity contribution in [2.24, 2.45) is 10.9 Å². The standard InChI is InChI=1S/C19H23N4O/c1-14(2)17-18(16-8-6-5-7-9-16)23(13-21-17,15(3)4)19(24)22-11-10-20-12-22/h5-15H,1-4H3/q+1. The number of benzene rings is 1. The lowest BCUT2D eigenvalue weighted by atomic mass is 10.0. The van der Waals surface area contributed by atoms with Crippen LogP contribution < -0.4 is 0 Å². The summed E-state index contributed by atoms with van der Waals surface area (Å²) in [4.78, 5) is 22.1. The molecule has 2 heterocycles. The first-order valence-electron chi connectivity index (χ1n) is 8.25. The second-order valence-corrected chi connectivity index (χ2v) is 6.62. The van der Waals surface area contributed by atoms with Crippen molar-refractivity contribution in [2.45, 2.75) is 33.7 Å². The summed E-state index contributed by atoms with van der Waals surface area (Å²) in [6.45, 7) is 8.31. The molecule has 124 valence electrons. The van der Waals surface area contributed by atoms with Crippen molar-refractivity contribution in [3.05, 3.63) is 60.3 Å². The third-order valence-corrected chi connectivity index (χ3v) is 4.44. The van der Waals surface area contributed by atoms with E-state index in [-0.39, 0.29) is 22.5 Å². The molecule has 0 bridgehead atoms. The summed E-state index contributed by atoms with van der Waals surface area (Å²) in [7, 11) is 0. The molecule has 1 unspecified atom stereocenters. The number of aliphatic imine (C=N–C) groups is 1. The number of carbonyl (C=O) groups is 1. The van der Waals surface area contributed by atoms with Crippen molar-refractivity contribution < 1.29 is 9.28 Å². The molecule has 5 heteroatoms. The molecule has 1 aliphatic heterocycles. The number of quaternary nitrogens is 1. The number of hydrogen-bond donors (Lipinski definition) is 0. The van der Waals surface area contributed by atoms with Crippen molar-refractivity contribution in [1.82, 2.24) is 9.55 Å². The molecular formula is C19H23N4O+. The Kier molecular flexibility index (Phi) is 4.20. The van der Waals surface area contributed by atoms with Crippen LogP contribution in [0.2, 0.25) is 0 Å². The zero-order valence-corrected chi connectivity index (χ0v) is 14.5. The smallest absolute Gasteiger partial charge is 0.245 e. The number of nitrogens with zero attached hydrogens (tertiary/aromatic N) is 4. The molecule has 5 nitrogen and oxygen atoms in total. The first-order chi connectivity index (χ1) is 11.5. The van der Waals surface area contributed by atoms with Crippen LogP contribution in [0.3, 0.4) is 0 Å². The van der Waals surface area contributed by atoms with Gasteiger partial charge in [-0.05, 0) is 26.0 Å². The molecule has 24 heavy (non-hydrogen) atoms. The fourth-order valence-electron chi connectivity index (χ4n) is 3.16. The van der Waals surface area contributed by atoms with Gasteiger partial charge in [-0.15, -0.1) is 0 Å². The maximum atomic E-state index is 13.4. The van der Waals surface area contributed by atoms with E-state index in [1.165, 1.54) is 4.57 Å². The Balaban J connectivity index is 2.25. The lowest BCUT2D eigenvalue weighted by Gasteiger charge is -2.33. The Bertz CT molecular complexity index is 788. The summed E-state index contributed by atoms with van der Waals surface area (Å²) < 4.78 is 1.60.